The van der Waals surface area contributed by atoms with Gasteiger partial charge < -0.3 is 5.32 Å². The second kappa shape index (κ2) is 5.28. The van der Waals surface area contributed by atoms with Gasteiger partial charge in [-0.25, -0.2) is 8.78 Å². The predicted molar refractivity (Wildman–Crippen MR) is 76.1 cm³/mol. The molecule has 0 bridgehead atoms. The second-order valence-corrected chi connectivity index (χ2v) is 4.49. The van der Waals surface area contributed by atoms with Crippen LogP contribution in [0.5, 0.6) is 0 Å². The zero-order chi connectivity index (χ0) is 14.8. The highest BCUT2D eigenvalue weighted by atomic mass is 19.1. The number of benzene rings is 2. The number of anilines is 1. The third-order valence-electron chi connectivity index (χ3n) is 3.02. The van der Waals surface area contributed by atoms with Crippen LogP contribution in [0.4, 0.5) is 14.5 Å². The van der Waals surface area contributed by atoms with E-state index in [0.29, 0.717) is 11.8 Å². The molecular formula is C16H10F2N2O. The van der Waals surface area contributed by atoms with Crippen molar-refractivity contribution in [3.05, 3.63) is 71.9 Å². The summed E-state index contributed by atoms with van der Waals surface area (Å²) in [4.78, 5) is 16.2. The van der Waals surface area contributed by atoms with Crippen molar-refractivity contribution in [3.63, 3.8) is 0 Å². The Balaban J connectivity index is 1.89. The molecule has 5 heteroatoms. The number of para-hydroxylation sites is 1. The van der Waals surface area contributed by atoms with Gasteiger partial charge in [-0.2, -0.15) is 0 Å². The standard InChI is InChI=1S/C16H10F2N2O/c17-11-5-6-13(14(18)8-11)16(21)20-12-7-10-3-1-2-4-15(10)19-9-12/h1-9H,(H,20,21). The maximum Gasteiger partial charge on any atom is 0.258 e. The lowest BCUT2D eigenvalue weighted by Crippen LogP contribution is -2.14. The van der Waals surface area contributed by atoms with E-state index in [9.17, 15) is 13.6 Å². The number of carbonyl (C=O) groups excluding carboxylic acids is 1. The van der Waals surface area contributed by atoms with Crippen molar-refractivity contribution in [3.8, 4) is 0 Å². The largest absolute Gasteiger partial charge is 0.320 e. The molecule has 0 spiro atoms. The highest BCUT2D eigenvalue weighted by Gasteiger charge is 2.13. The predicted octanol–water partition coefficient (Wildman–Crippen LogP) is 3.77. The molecule has 21 heavy (non-hydrogen) atoms. The van der Waals surface area contributed by atoms with E-state index in [-0.39, 0.29) is 5.56 Å². The number of pyridine rings is 1. The van der Waals surface area contributed by atoms with Gasteiger partial charge in [0.05, 0.1) is 23.0 Å². The normalized spacial score (nSPS) is 10.6. The third-order valence-corrected chi connectivity index (χ3v) is 3.02. The molecule has 0 radical (unpaired) electrons. The Hall–Kier alpha value is -2.82. The monoisotopic (exact) mass is 284 g/mol. The van der Waals surface area contributed by atoms with Gasteiger partial charge in [-0.15, -0.1) is 0 Å². The average Bonchev–Trinajstić information content (AvgIpc) is 2.47. The molecule has 3 nitrogen and oxygen atoms in total. The van der Waals surface area contributed by atoms with Gasteiger partial charge in [-0.3, -0.25) is 9.78 Å². The van der Waals surface area contributed by atoms with Gasteiger partial charge >= 0.3 is 0 Å². The number of carbonyl (C=O) groups is 1. The van der Waals surface area contributed by atoms with E-state index < -0.39 is 17.5 Å². The summed E-state index contributed by atoms with van der Waals surface area (Å²) in [6, 6.07) is 12.0. The molecule has 3 rings (SSSR count). The first-order valence-corrected chi connectivity index (χ1v) is 6.25. The van der Waals surface area contributed by atoms with E-state index in [1.54, 1.807) is 6.07 Å². The topological polar surface area (TPSA) is 42.0 Å². The summed E-state index contributed by atoms with van der Waals surface area (Å²) < 4.78 is 26.4. The lowest BCUT2D eigenvalue weighted by atomic mass is 10.2. The Morgan fingerprint density at radius 3 is 2.67 bits per heavy atom. The average molecular weight is 284 g/mol. The lowest BCUT2D eigenvalue weighted by Gasteiger charge is -2.07. The Morgan fingerprint density at radius 1 is 1.05 bits per heavy atom. The van der Waals surface area contributed by atoms with Crippen molar-refractivity contribution in [1.29, 1.82) is 0 Å². The van der Waals surface area contributed by atoms with Crippen LogP contribution < -0.4 is 5.32 Å². The first kappa shape index (κ1) is 13.2. The summed E-state index contributed by atoms with van der Waals surface area (Å²) in [5, 5.41) is 3.40. The first-order chi connectivity index (χ1) is 10.1. The fourth-order valence-electron chi connectivity index (χ4n) is 2.01. The highest BCUT2D eigenvalue weighted by molar-refractivity contribution is 6.05. The van der Waals surface area contributed by atoms with Gasteiger partial charge in [0.25, 0.3) is 5.91 Å². The molecule has 0 saturated carbocycles. The maximum atomic E-state index is 13.5. The van der Waals surface area contributed by atoms with Crippen LogP contribution >= 0.6 is 0 Å². The Kier molecular flexibility index (Phi) is 3.31. The van der Waals surface area contributed by atoms with Crippen molar-refractivity contribution >= 4 is 22.5 Å². The Bertz CT molecular complexity index is 833. The smallest absolute Gasteiger partial charge is 0.258 e. The van der Waals surface area contributed by atoms with Gasteiger partial charge in [-0.05, 0) is 24.3 Å². The Morgan fingerprint density at radius 2 is 1.86 bits per heavy atom. The van der Waals surface area contributed by atoms with E-state index in [1.807, 2.05) is 24.3 Å². The number of amides is 1. The van der Waals surface area contributed by atoms with Crippen molar-refractivity contribution in [2.75, 3.05) is 5.32 Å². The zero-order valence-corrected chi connectivity index (χ0v) is 10.8. The maximum absolute atomic E-state index is 13.5. The molecule has 0 aliphatic heterocycles. The van der Waals surface area contributed by atoms with Crippen molar-refractivity contribution in [2.45, 2.75) is 0 Å². The Labute approximate surface area is 119 Å². The summed E-state index contributed by atoms with van der Waals surface area (Å²) in [6.45, 7) is 0. The SMILES string of the molecule is O=C(Nc1cnc2ccccc2c1)c1ccc(F)cc1F. The number of hydrogen-bond donors (Lipinski definition) is 1. The summed E-state index contributed by atoms with van der Waals surface area (Å²) >= 11 is 0. The molecule has 1 heterocycles. The van der Waals surface area contributed by atoms with Crippen molar-refractivity contribution in [2.24, 2.45) is 0 Å². The lowest BCUT2D eigenvalue weighted by molar-refractivity contribution is 0.102. The quantitative estimate of drug-likeness (QED) is 0.778. The van der Waals surface area contributed by atoms with Gasteiger partial charge in [0, 0.05) is 11.5 Å². The number of halogens is 2. The molecule has 0 saturated heterocycles. The first-order valence-electron chi connectivity index (χ1n) is 6.25. The van der Waals surface area contributed by atoms with Crippen LogP contribution in [0, 0.1) is 11.6 Å². The molecule has 1 aromatic heterocycles. The fourth-order valence-corrected chi connectivity index (χ4v) is 2.01. The van der Waals surface area contributed by atoms with Gasteiger partial charge in [0.1, 0.15) is 11.6 Å². The second-order valence-electron chi connectivity index (χ2n) is 4.49. The number of nitrogens with zero attached hydrogens (tertiary/aromatic N) is 1. The van der Waals surface area contributed by atoms with Crippen LogP contribution in [-0.2, 0) is 0 Å². The van der Waals surface area contributed by atoms with Crippen LogP contribution in [0.15, 0.2) is 54.7 Å². The highest BCUT2D eigenvalue weighted by Crippen LogP contribution is 2.17. The molecule has 1 N–H and O–H groups in total. The zero-order valence-electron chi connectivity index (χ0n) is 10.8. The molecule has 0 aliphatic carbocycles. The van der Waals surface area contributed by atoms with Crippen LogP contribution in [0.2, 0.25) is 0 Å². The van der Waals surface area contributed by atoms with Crippen molar-refractivity contribution in [1.82, 2.24) is 4.98 Å². The number of aromatic nitrogens is 1. The van der Waals surface area contributed by atoms with Gasteiger partial charge in [-0.1, -0.05) is 18.2 Å². The molecule has 2 aromatic carbocycles. The molecule has 104 valence electrons. The van der Waals surface area contributed by atoms with E-state index >= 15 is 0 Å². The number of hydrogen-bond acceptors (Lipinski definition) is 2. The van der Waals surface area contributed by atoms with Crippen LogP contribution in [0.1, 0.15) is 10.4 Å². The number of nitrogens with one attached hydrogen (secondary N) is 1. The number of rotatable bonds is 2. The third kappa shape index (κ3) is 2.72. The molecule has 0 atom stereocenters. The summed E-state index contributed by atoms with van der Waals surface area (Å²) in [6.07, 6.45) is 1.49. The minimum absolute atomic E-state index is 0.218. The van der Waals surface area contributed by atoms with Crippen LogP contribution in [0.3, 0.4) is 0 Å². The van der Waals surface area contributed by atoms with Gasteiger partial charge in [0.2, 0.25) is 0 Å². The molecule has 0 fully saturated rings. The molecule has 0 unspecified atom stereocenters. The molecule has 3 aromatic rings. The van der Waals surface area contributed by atoms with Crippen LogP contribution in [-0.4, -0.2) is 10.9 Å². The summed E-state index contributed by atoms with van der Waals surface area (Å²) in [5.74, 6) is -2.28. The summed E-state index contributed by atoms with van der Waals surface area (Å²) in [7, 11) is 0. The van der Waals surface area contributed by atoms with Crippen LogP contribution in [0.25, 0.3) is 10.9 Å². The molecular weight excluding hydrogens is 274 g/mol. The molecule has 1 amide bonds. The number of fused-ring (bicyclic) bond motifs is 1. The van der Waals surface area contributed by atoms with E-state index in [0.717, 1.165) is 23.0 Å². The minimum atomic E-state index is -0.902. The van der Waals surface area contributed by atoms with E-state index in [1.165, 1.54) is 6.20 Å². The summed E-state index contributed by atoms with van der Waals surface area (Å²) in [5.41, 5.74) is 1.02. The molecule has 0 aliphatic rings. The van der Waals surface area contributed by atoms with E-state index in [4.69, 9.17) is 0 Å². The fraction of sp³-hybridized carbons (Fsp3) is 0. The van der Waals surface area contributed by atoms with Crippen molar-refractivity contribution < 1.29 is 13.6 Å². The minimum Gasteiger partial charge on any atom is -0.320 e. The van der Waals surface area contributed by atoms with E-state index in [2.05, 4.69) is 10.3 Å². The van der Waals surface area contributed by atoms with Gasteiger partial charge in [0.15, 0.2) is 0 Å².